The van der Waals surface area contributed by atoms with Crippen LogP contribution in [0.2, 0.25) is 0 Å². The van der Waals surface area contributed by atoms with Crippen molar-refractivity contribution in [3.05, 3.63) is 28.5 Å². The Morgan fingerprint density at radius 2 is 2.05 bits per heavy atom. The highest BCUT2D eigenvalue weighted by atomic mass is 79.9. The van der Waals surface area contributed by atoms with Crippen LogP contribution in [0.15, 0.2) is 22.9 Å². The molecule has 1 unspecified atom stereocenters. The molecule has 114 valence electrons. The number of nitrogens with zero attached hydrogens (tertiary/aromatic N) is 1. The Balaban J connectivity index is 2.83. The van der Waals surface area contributed by atoms with Crippen LogP contribution in [-0.2, 0) is 6.42 Å². The van der Waals surface area contributed by atoms with Crippen LogP contribution in [0, 0.1) is 5.41 Å². The molecule has 0 radical (unpaired) electrons. The first-order chi connectivity index (χ1) is 9.51. The molecule has 0 bridgehead atoms. The molecule has 0 spiro atoms. The number of halogens is 1. The van der Waals surface area contributed by atoms with Crippen molar-refractivity contribution in [1.29, 1.82) is 0 Å². The highest BCUT2D eigenvalue weighted by Crippen LogP contribution is 2.33. The summed E-state index contributed by atoms with van der Waals surface area (Å²) in [5.74, 6) is 0. The molecule has 2 nitrogen and oxygen atoms in total. The minimum absolute atomic E-state index is 0.350. The minimum Gasteiger partial charge on any atom is -0.314 e. The van der Waals surface area contributed by atoms with Crippen LogP contribution in [0.3, 0.4) is 0 Å². The van der Waals surface area contributed by atoms with Gasteiger partial charge in [0.1, 0.15) is 0 Å². The number of rotatable bonds is 9. The van der Waals surface area contributed by atoms with Gasteiger partial charge in [0, 0.05) is 29.5 Å². The van der Waals surface area contributed by atoms with Crippen LogP contribution in [0.5, 0.6) is 0 Å². The van der Waals surface area contributed by atoms with Gasteiger partial charge in [0.25, 0.3) is 0 Å². The molecule has 0 saturated carbocycles. The topological polar surface area (TPSA) is 24.9 Å². The van der Waals surface area contributed by atoms with Gasteiger partial charge in [-0.15, -0.1) is 0 Å². The summed E-state index contributed by atoms with van der Waals surface area (Å²) >= 11 is 3.53. The highest BCUT2D eigenvalue weighted by Gasteiger charge is 2.28. The molecule has 20 heavy (non-hydrogen) atoms. The quantitative estimate of drug-likeness (QED) is 0.686. The van der Waals surface area contributed by atoms with Gasteiger partial charge in [-0.3, -0.25) is 4.98 Å². The van der Waals surface area contributed by atoms with Gasteiger partial charge in [-0.1, -0.05) is 40.5 Å². The van der Waals surface area contributed by atoms with Crippen molar-refractivity contribution in [3.63, 3.8) is 0 Å². The van der Waals surface area contributed by atoms with Crippen LogP contribution in [0.25, 0.3) is 0 Å². The predicted octanol–water partition coefficient (Wildman–Crippen LogP) is 4.97. The average molecular weight is 341 g/mol. The second kappa shape index (κ2) is 8.78. The lowest BCUT2D eigenvalue weighted by Crippen LogP contribution is -2.39. The molecule has 1 N–H and O–H groups in total. The Morgan fingerprint density at radius 1 is 1.30 bits per heavy atom. The molecule has 1 atom stereocenters. The fourth-order valence-electron chi connectivity index (χ4n) is 2.62. The van der Waals surface area contributed by atoms with Gasteiger partial charge in [-0.2, -0.15) is 0 Å². The van der Waals surface area contributed by atoms with Crippen LogP contribution in [0.1, 0.15) is 58.9 Å². The van der Waals surface area contributed by atoms with E-state index in [4.69, 9.17) is 0 Å². The molecular weight excluding hydrogens is 312 g/mol. The van der Waals surface area contributed by atoms with E-state index in [0.717, 1.165) is 17.4 Å². The predicted molar refractivity (Wildman–Crippen MR) is 91.0 cm³/mol. The molecule has 1 rings (SSSR count). The fraction of sp³-hybridized carbons (Fsp3) is 0.706. The molecule has 0 aliphatic carbocycles. The van der Waals surface area contributed by atoms with E-state index in [1.54, 1.807) is 0 Å². The van der Waals surface area contributed by atoms with E-state index in [0.29, 0.717) is 11.5 Å². The summed E-state index contributed by atoms with van der Waals surface area (Å²) in [6.45, 7) is 10.1. The molecule has 1 aromatic heterocycles. The van der Waals surface area contributed by atoms with Crippen LogP contribution < -0.4 is 5.32 Å². The zero-order valence-electron chi connectivity index (χ0n) is 13.4. The van der Waals surface area contributed by atoms with Crippen molar-refractivity contribution in [1.82, 2.24) is 10.3 Å². The van der Waals surface area contributed by atoms with Crippen molar-refractivity contribution < 1.29 is 0 Å². The second-order valence-electron chi connectivity index (χ2n) is 6.18. The van der Waals surface area contributed by atoms with Gasteiger partial charge >= 0.3 is 0 Å². The first-order valence-corrected chi connectivity index (χ1v) is 8.63. The number of unbranched alkanes of at least 4 members (excludes halogenated alkanes) is 1. The van der Waals surface area contributed by atoms with Gasteiger partial charge in [0.15, 0.2) is 0 Å². The fourth-order valence-corrected chi connectivity index (χ4v) is 3.04. The third kappa shape index (κ3) is 5.92. The summed E-state index contributed by atoms with van der Waals surface area (Å²) in [7, 11) is 0. The maximum atomic E-state index is 4.31. The smallest absolute Gasteiger partial charge is 0.0410 e. The number of pyridine rings is 1. The monoisotopic (exact) mass is 340 g/mol. The largest absolute Gasteiger partial charge is 0.314 e. The van der Waals surface area contributed by atoms with Crippen molar-refractivity contribution >= 4 is 15.9 Å². The van der Waals surface area contributed by atoms with Gasteiger partial charge in [0.05, 0.1) is 0 Å². The van der Waals surface area contributed by atoms with Crippen molar-refractivity contribution in [2.75, 3.05) is 6.54 Å². The van der Waals surface area contributed by atoms with Crippen molar-refractivity contribution in [2.24, 2.45) is 5.41 Å². The lowest BCUT2D eigenvalue weighted by molar-refractivity contribution is 0.223. The Bertz CT molecular complexity index is 392. The van der Waals surface area contributed by atoms with Crippen LogP contribution in [0.4, 0.5) is 0 Å². The molecular formula is C17H29BrN2. The first kappa shape index (κ1) is 17.6. The van der Waals surface area contributed by atoms with Crippen LogP contribution in [-0.4, -0.2) is 17.6 Å². The molecule has 0 aliphatic heterocycles. The van der Waals surface area contributed by atoms with E-state index >= 15 is 0 Å². The lowest BCUT2D eigenvalue weighted by Gasteiger charge is -2.34. The Labute approximate surface area is 132 Å². The van der Waals surface area contributed by atoms with E-state index in [2.05, 4.69) is 60.0 Å². The normalized spacial score (nSPS) is 14.5. The molecule has 3 heteroatoms. The summed E-state index contributed by atoms with van der Waals surface area (Å²) in [5.41, 5.74) is 1.69. The molecule has 0 amide bonds. The number of hydrogen-bond acceptors (Lipinski definition) is 2. The molecule has 0 fully saturated rings. The summed E-state index contributed by atoms with van der Waals surface area (Å²) in [6.07, 6.45) is 10.0. The minimum atomic E-state index is 0.350. The summed E-state index contributed by atoms with van der Waals surface area (Å²) in [4.78, 5) is 4.31. The van der Waals surface area contributed by atoms with Gasteiger partial charge < -0.3 is 5.32 Å². The SMILES string of the molecule is CCCCC(CC)(CNC(C)C)Cc1cncc(Br)c1. The van der Waals surface area contributed by atoms with Crippen molar-refractivity contribution in [3.8, 4) is 0 Å². The summed E-state index contributed by atoms with van der Waals surface area (Å²) in [5, 5.41) is 3.65. The van der Waals surface area contributed by atoms with E-state index in [9.17, 15) is 0 Å². The molecule has 0 aliphatic rings. The Hall–Kier alpha value is -0.410. The van der Waals surface area contributed by atoms with E-state index in [1.165, 1.54) is 31.2 Å². The standard InChI is InChI=1S/C17H29BrN2/c1-5-7-8-17(6-2,13-20-14(3)4)10-15-9-16(18)12-19-11-15/h9,11-12,14,20H,5-8,10,13H2,1-4H3. The molecule has 1 heterocycles. The Morgan fingerprint density at radius 3 is 2.60 bits per heavy atom. The highest BCUT2D eigenvalue weighted by molar-refractivity contribution is 9.10. The van der Waals surface area contributed by atoms with Gasteiger partial charge in [0.2, 0.25) is 0 Å². The third-order valence-electron chi connectivity index (χ3n) is 4.04. The summed E-state index contributed by atoms with van der Waals surface area (Å²) in [6, 6.07) is 2.75. The summed E-state index contributed by atoms with van der Waals surface area (Å²) < 4.78 is 1.08. The van der Waals surface area contributed by atoms with Gasteiger partial charge in [-0.25, -0.2) is 0 Å². The molecule has 1 aromatic rings. The maximum Gasteiger partial charge on any atom is 0.0410 e. The van der Waals surface area contributed by atoms with E-state index in [-0.39, 0.29) is 0 Å². The first-order valence-electron chi connectivity index (χ1n) is 7.84. The van der Waals surface area contributed by atoms with Crippen LogP contribution >= 0.6 is 15.9 Å². The number of aromatic nitrogens is 1. The average Bonchev–Trinajstić information content (AvgIpc) is 2.42. The Kier molecular flexibility index (Phi) is 7.75. The zero-order chi connectivity index (χ0) is 15.0. The molecule has 0 aromatic carbocycles. The van der Waals surface area contributed by atoms with Gasteiger partial charge in [-0.05, 0) is 52.2 Å². The lowest BCUT2D eigenvalue weighted by atomic mass is 9.75. The number of nitrogens with one attached hydrogen (secondary N) is 1. The third-order valence-corrected chi connectivity index (χ3v) is 4.47. The van der Waals surface area contributed by atoms with E-state index < -0.39 is 0 Å². The zero-order valence-corrected chi connectivity index (χ0v) is 15.0. The molecule has 0 saturated heterocycles. The van der Waals surface area contributed by atoms with Crippen molar-refractivity contribution in [2.45, 2.75) is 65.8 Å². The number of hydrogen-bond donors (Lipinski definition) is 1. The van der Waals surface area contributed by atoms with E-state index in [1.807, 2.05) is 12.4 Å². The second-order valence-corrected chi connectivity index (χ2v) is 7.10. The maximum absolute atomic E-state index is 4.31.